The molecule has 2 aromatic rings. The molecule has 0 saturated carbocycles. The Morgan fingerprint density at radius 3 is 2.45 bits per heavy atom. The smallest absolute Gasteiger partial charge is 0.285 e. The molecule has 0 fully saturated rings. The van der Waals surface area contributed by atoms with E-state index >= 15 is 0 Å². The zero-order valence-electron chi connectivity index (χ0n) is 10.3. The fraction of sp³-hybridized carbons (Fsp3) is 0. The topological polar surface area (TPSA) is 84.5 Å². The van der Waals surface area contributed by atoms with Gasteiger partial charge >= 0.3 is 0 Å². The van der Waals surface area contributed by atoms with Gasteiger partial charge < -0.3 is 11.1 Å². The van der Waals surface area contributed by atoms with Gasteiger partial charge in [-0.15, -0.1) is 4.40 Å². The fourth-order valence-electron chi connectivity index (χ4n) is 1.51. The van der Waals surface area contributed by atoms with Crippen LogP contribution in [-0.2, 0) is 10.0 Å². The van der Waals surface area contributed by atoms with Crippen molar-refractivity contribution >= 4 is 21.7 Å². The highest BCUT2D eigenvalue weighted by atomic mass is 32.2. The van der Waals surface area contributed by atoms with Gasteiger partial charge in [0.1, 0.15) is 5.82 Å². The lowest BCUT2D eigenvalue weighted by Crippen LogP contribution is -2.24. The van der Waals surface area contributed by atoms with Gasteiger partial charge in [0, 0.05) is 5.69 Å². The molecule has 104 valence electrons. The normalized spacial score (nSPS) is 12.2. The first-order chi connectivity index (χ1) is 9.47. The van der Waals surface area contributed by atoms with Crippen LogP contribution in [0.5, 0.6) is 0 Å². The van der Waals surface area contributed by atoms with Crippen LogP contribution in [0.1, 0.15) is 0 Å². The number of sulfonamides is 1. The van der Waals surface area contributed by atoms with E-state index < -0.39 is 15.8 Å². The van der Waals surface area contributed by atoms with Crippen LogP contribution in [0.2, 0.25) is 0 Å². The highest BCUT2D eigenvalue weighted by Gasteiger charge is 2.12. The summed E-state index contributed by atoms with van der Waals surface area (Å²) in [6, 6.07) is 13.1. The lowest BCUT2D eigenvalue weighted by Gasteiger charge is -2.05. The molecule has 0 aliphatic carbocycles. The minimum atomic E-state index is -3.88. The summed E-state index contributed by atoms with van der Waals surface area (Å²) < 4.78 is 40.3. The number of benzene rings is 2. The number of hydrogen-bond acceptors (Lipinski definition) is 2. The van der Waals surface area contributed by atoms with E-state index in [1.54, 1.807) is 24.3 Å². The van der Waals surface area contributed by atoms with Crippen molar-refractivity contribution in [1.29, 1.82) is 0 Å². The average molecular weight is 293 g/mol. The largest absolute Gasteiger partial charge is 0.369 e. The zero-order chi connectivity index (χ0) is 14.6. The Labute approximate surface area is 116 Å². The third-order valence-corrected chi connectivity index (χ3v) is 3.66. The van der Waals surface area contributed by atoms with Crippen molar-refractivity contribution in [3.63, 3.8) is 0 Å². The zero-order valence-corrected chi connectivity index (χ0v) is 11.1. The third-order valence-electron chi connectivity index (χ3n) is 2.36. The second-order valence-corrected chi connectivity index (χ2v) is 5.50. The van der Waals surface area contributed by atoms with E-state index in [4.69, 9.17) is 5.73 Å². The van der Waals surface area contributed by atoms with Crippen LogP contribution in [0.25, 0.3) is 0 Å². The molecule has 5 nitrogen and oxygen atoms in total. The lowest BCUT2D eigenvalue weighted by molar-refractivity contribution is 0.598. The molecule has 0 atom stereocenters. The van der Waals surface area contributed by atoms with Crippen LogP contribution in [-0.4, -0.2) is 14.4 Å². The molecule has 0 saturated heterocycles. The molecule has 3 N–H and O–H groups in total. The van der Waals surface area contributed by atoms with E-state index in [2.05, 4.69) is 9.71 Å². The summed E-state index contributed by atoms with van der Waals surface area (Å²) in [5.74, 6) is -0.798. The Hall–Kier alpha value is -2.41. The standard InChI is InChI=1S/C13H12FN3O2S/c14-10-5-4-6-11(9-10)16-13(15)17-20(18,19)12-7-2-1-3-8-12/h1-9H,(H3,15,16,17). The maximum atomic E-state index is 13.0. The summed E-state index contributed by atoms with van der Waals surface area (Å²) in [5, 5.41) is 2.52. The summed E-state index contributed by atoms with van der Waals surface area (Å²) >= 11 is 0. The molecule has 0 radical (unpaired) electrons. The van der Waals surface area contributed by atoms with Gasteiger partial charge in [0.15, 0.2) is 0 Å². The van der Waals surface area contributed by atoms with Gasteiger partial charge in [0.25, 0.3) is 10.0 Å². The van der Waals surface area contributed by atoms with Crippen LogP contribution < -0.4 is 11.1 Å². The van der Waals surface area contributed by atoms with E-state index in [0.29, 0.717) is 5.69 Å². The second-order valence-electron chi connectivity index (χ2n) is 3.90. The molecule has 0 spiro atoms. The Morgan fingerprint density at radius 2 is 1.80 bits per heavy atom. The molecule has 20 heavy (non-hydrogen) atoms. The Morgan fingerprint density at radius 1 is 1.10 bits per heavy atom. The second kappa shape index (κ2) is 5.70. The van der Waals surface area contributed by atoms with Crippen molar-refractivity contribution in [2.24, 2.45) is 10.1 Å². The van der Waals surface area contributed by atoms with Gasteiger partial charge in [-0.1, -0.05) is 24.3 Å². The molecule has 0 unspecified atom stereocenters. The monoisotopic (exact) mass is 293 g/mol. The first kappa shape index (κ1) is 14.0. The Bertz CT molecular complexity index is 730. The number of nitrogens with two attached hydrogens (primary N) is 1. The molecule has 0 aliphatic heterocycles. The fourth-order valence-corrected chi connectivity index (χ4v) is 2.42. The third kappa shape index (κ3) is 3.55. The molecule has 0 heterocycles. The molecule has 0 bridgehead atoms. The van der Waals surface area contributed by atoms with Crippen molar-refractivity contribution in [1.82, 2.24) is 0 Å². The summed E-state index contributed by atoms with van der Waals surface area (Å²) in [6.45, 7) is 0. The SMILES string of the molecule is NC(=NS(=O)(=O)c1ccccc1)Nc1cccc(F)c1. The first-order valence-corrected chi connectivity index (χ1v) is 7.09. The maximum Gasteiger partial charge on any atom is 0.285 e. The van der Waals surface area contributed by atoms with Crippen LogP contribution in [0.15, 0.2) is 63.9 Å². The summed E-state index contributed by atoms with van der Waals surface area (Å²) in [5.41, 5.74) is 5.83. The van der Waals surface area contributed by atoms with Gasteiger partial charge in [-0.25, -0.2) is 4.39 Å². The lowest BCUT2D eigenvalue weighted by atomic mass is 10.3. The van der Waals surface area contributed by atoms with E-state index in [1.807, 2.05) is 0 Å². The van der Waals surface area contributed by atoms with Gasteiger partial charge in [-0.2, -0.15) is 8.42 Å². The molecule has 0 aliphatic rings. The number of guanidine groups is 1. The van der Waals surface area contributed by atoms with Crippen LogP contribution in [0.3, 0.4) is 0 Å². The molecule has 0 amide bonds. The predicted molar refractivity (Wildman–Crippen MR) is 75.3 cm³/mol. The highest BCUT2D eigenvalue weighted by Crippen LogP contribution is 2.12. The van der Waals surface area contributed by atoms with Crippen molar-refractivity contribution < 1.29 is 12.8 Å². The van der Waals surface area contributed by atoms with Gasteiger partial charge in [0.2, 0.25) is 5.96 Å². The maximum absolute atomic E-state index is 13.0. The molecule has 0 aromatic heterocycles. The van der Waals surface area contributed by atoms with E-state index in [1.165, 1.54) is 30.3 Å². The molecular weight excluding hydrogens is 281 g/mol. The summed E-state index contributed by atoms with van der Waals surface area (Å²) in [6.07, 6.45) is 0. The van der Waals surface area contributed by atoms with E-state index in [-0.39, 0.29) is 10.9 Å². The van der Waals surface area contributed by atoms with Gasteiger partial charge in [-0.3, -0.25) is 0 Å². The number of anilines is 1. The van der Waals surface area contributed by atoms with Crippen molar-refractivity contribution in [3.8, 4) is 0 Å². The molecule has 2 rings (SSSR count). The minimum Gasteiger partial charge on any atom is -0.369 e. The number of nitrogens with zero attached hydrogens (tertiary/aromatic N) is 1. The van der Waals surface area contributed by atoms with Gasteiger partial charge in [-0.05, 0) is 30.3 Å². The van der Waals surface area contributed by atoms with Crippen LogP contribution in [0.4, 0.5) is 10.1 Å². The Kier molecular flexibility index (Phi) is 3.99. The number of rotatable bonds is 3. The number of hydrogen-bond donors (Lipinski definition) is 2. The molecular formula is C13H12FN3O2S. The molecule has 2 aromatic carbocycles. The van der Waals surface area contributed by atoms with Crippen molar-refractivity contribution in [3.05, 3.63) is 60.4 Å². The quantitative estimate of drug-likeness (QED) is 0.669. The van der Waals surface area contributed by atoms with Crippen LogP contribution in [0, 0.1) is 5.82 Å². The summed E-state index contributed by atoms with van der Waals surface area (Å²) in [4.78, 5) is 0.0315. The van der Waals surface area contributed by atoms with Crippen molar-refractivity contribution in [2.45, 2.75) is 4.90 Å². The number of halogens is 1. The van der Waals surface area contributed by atoms with E-state index in [9.17, 15) is 12.8 Å². The molecule has 7 heteroatoms. The van der Waals surface area contributed by atoms with Crippen molar-refractivity contribution in [2.75, 3.05) is 5.32 Å². The number of nitrogens with one attached hydrogen (secondary N) is 1. The van der Waals surface area contributed by atoms with E-state index in [0.717, 1.165) is 0 Å². The predicted octanol–water partition coefficient (Wildman–Crippen LogP) is 1.94. The summed E-state index contributed by atoms with van der Waals surface area (Å²) in [7, 11) is -3.88. The van der Waals surface area contributed by atoms with Gasteiger partial charge in [0.05, 0.1) is 4.90 Å². The first-order valence-electron chi connectivity index (χ1n) is 5.65. The average Bonchev–Trinajstić information content (AvgIpc) is 2.39. The highest BCUT2D eigenvalue weighted by molar-refractivity contribution is 7.90. The Balaban J connectivity index is 2.22. The van der Waals surface area contributed by atoms with Crippen LogP contribution >= 0.6 is 0 Å². The minimum absolute atomic E-state index is 0.0315.